The number of rotatable bonds is 5. The van der Waals surface area contributed by atoms with Crippen LogP contribution in [0.4, 0.5) is 0 Å². The summed E-state index contributed by atoms with van der Waals surface area (Å²) in [4.78, 5) is 17.8. The first-order valence-corrected chi connectivity index (χ1v) is 12.3. The van der Waals surface area contributed by atoms with E-state index in [1.165, 1.54) is 65.4 Å². The minimum atomic E-state index is 0.232. The van der Waals surface area contributed by atoms with E-state index in [0.29, 0.717) is 19.0 Å². The smallest absolute Gasteiger partial charge is 0.242 e. The molecule has 0 spiro atoms. The van der Waals surface area contributed by atoms with Crippen molar-refractivity contribution in [3.05, 3.63) is 59.7 Å². The summed E-state index contributed by atoms with van der Waals surface area (Å²) >= 11 is 0. The molecule has 4 nitrogen and oxygen atoms in total. The van der Waals surface area contributed by atoms with Gasteiger partial charge in [0.2, 0.25) is 5.91 Å². The lowest BCUT2D eigenvalue weighted by Gasteiger charge is -2.30. The summed E-state index contributed by atoms with van der Waals surface area (Å²) < 4.78 is 2.33. The number of aromatic nitrogens is 1. The van der Waals surface area contributed by atoms with Gasteiger partial charge in [-0.1, -0.05) is 61.7 Å². The molecule has 5 rings (SSSR count). The van der Waals surface area contributed by atoms with E-state index in [1.807, 2.05) is 0 Å². The highest BCUT2D eigenvalue weighted by molar-refractivity contribution is 5.95. The molecule has 2 aromatic carbocycles. The Morgan fingerprint density at radius 1 is 0.938 bits per heavy atom. The minimum absolute atomic E-state index is 0.232. The van der Waals surface area contributed by atoms with Gasteiger partial charge in [-0.25, -0.2) is 0 Å². The number of amides is 1. The number of hydrogen-bond acceptors (Lipinski definition) is 2. The molecule has 0 unspecified atom stereocenters. The van der Waals surface area contributed by atoms with Gasteiger partial charge in [0.15, 0.2) is 0 Å². The molecule has 0 bridgehead atoms. The Labute approximate surface area is 191 Å². The fraction of sp³-hybridized carbons (Fsp3) is 0.464. The number of nitrogens with zero attached hydrogens (tertiary/aromatic N) is 3. The molecule has 2 aliphatic rings. The molecule has 1 amide bonds. The maximum Gasteiger partial charge on any atom is 0.242 e. The van der Waals surface area contributed by atoms with E-state index in [-0.39, 0.29) is 5.91 Å². The van der Waals surface area contributed by atoms with Crippen molar-refractivity contribution in [1.82, 2.24) is 14.4 Å². The van der Waals surface area contributed by atoms with Crippen LogP contribution in [0.2, 0.25) is 0 Å². The van der Waals surface area contributed by atoms with Gasteiger partial charge in [-0.15, -0.1) is 0 Å². The third-order valence-electron chi connectivity index (χ3n) is 7.34. The number of benzene rings is 2. The topological polar surface area (TPSA) is 28.5 Å². The van der Waals surface area contributed by atoms with Crippen molar-refractivity contribution in [3.63, 3.8) is 0 Å². The van der Waals surface area contributed by atoms with Crippen molar-refractivity contribution in [2.24, 2.45) is 0 Å². The van der Waals surface area contributed by atoms with Gasteiger partial charge in [0, 0.05) is 29.6 Å². The Balaban J connectivity index is 1.65. The monoisotopic (exact) mass is 429 g/mol. The fourth-order valence-electron chi connectivity index (χ4n) is 5.79. The van der Waals surface area contributed by atoms with Crippen LogP contribution in [0.5, 0.6) is 0 Å². The van der Waals surface area contributed by atoms with E-state index in [0.717, 1.165) is 19.5 Å². The first kappa shape index (κ1) is 21.3. The van der Waals surface area contributed by atoms with Crippen LogP contribution in [-0.2, 0) is 17.9 Å². The molecule has 32 heavy (non-hydrogen) atoms. The lowest BCUT2D eigenvalue weighted by molar-refractivity contribution is -0.132. The van der Waals surface area contributed by atoms with Crippen LogP contribution in [0.15, 0.2) is 48.5 Å². The van der Waals surface area contributed by atoms with Gasteiger partial charge in [-0.2, -0.15) is 0 Å². The molecule has 0 N–H and O–H groups in total. The number of carbonyl (C=O) groups is 1. The van der Waals surface area contributed by atoms with E-state index in [9.17, 15) is 4.79 Å². The summed E-state index contributed by atoms with van der Waals surface area (Å²) in [6.45, 7) is 2.93. The van der Waals surface area contributed by atoms with Gasteiger partial charge in [-0.05, 0) is 63.0 Å². The Bertz CT molecular complexity index is 1110. The van der Waals surface area contributed by atoms with Crippen molar-refractivity contribution >= 4 is 16.8 Å². The van der Waals surface area contributed by atoms with Gasteiger partial charge >= 0.3 is 0 Å². The van der Waals surface area contributed by atoms with Crippen molar-refractivity contribution < 1.29 is 4.79 Å². The molecule has 0 atom stereocenters. The number of hydrogen-bond donors (Lipinski definition) is 0. The van der Waals surface area contributed by atoms with Crippen LogP contribution in [0.1, 0.15) is 55.6 Å². The van der Waals surface area contributed by atoms with Gasteiger partial charge in [-0.3, -0.25) is 4.79 Å². The first-order chi connectivity index (χ1) is 15.6. The highest BCUT2D eigenvalue weighted by atomic mass is 16.2. The van der Waals surface area contributed by atoms with Crippen molar-refractivity contribution in [2.45, 2.75) is 57.5 Å². The Morgan fingerprint density at radius 2 is 1.69 bits per heavy atom. The molecule has 2 heterocycles. The average molecular weight is 430 g/mol. The second-order valence-corrected chi connectivity index (χ2v) is 9.83. The van der Waals surface area contributed by atoms with Gasteiger partial charge < -0.3 is 14.4 Å². The molecule has 1 fully saturated rings. The Kier molecular flexibility index (Phi) is 6.05. The second kappa shape index (κ2) is 9.11. The third kappa shape index (κ3) is 3.97. The number of para-hydroxylation sites is 1. The number of fused-ring (bicyclic) bond motifs is 5. The maximum atomic E-state index is 13.5. The summed E-state index contributed by atoms with van der Waals surface area (Å²) in [5.74, 6) is 0.819. The van der Waals surface area contributed by atoms with Crippen LogP contribution >= 0.6 is 0 Å². The standard InChI is InChI=1S/C28H35N3O/c1-29(2)17-10-18-30-19-22-13-6-7-14-23(22)28-27(21-11-4-3-5-12-21)24-15-8-9-16-25(24)31(28)20-26(30)32/h6-9,13-16,21H,3-5,10-12,17-20H2,1-2H3. The molecule has 1 aliphatic heterocycles. The predicted molar refractivity (Wildman–Crippen MR) is 132 cm³/mol. The SMILES string of the molecule is CN(C)CCCN1Cc2ccccc2-c2c(C3CCCCC3)c3ccccc3n2CC1=O. The zero-order valence-electron chi connectivity index (χ0n) is 19.5. The molecule has 3 aromatic rings. The van der Waals surface area contributed by atoms with Crippen LogP contribution in [0, 0.1) is 0 Å². The van der Waals surface area contributed by atoms with Gasteiger partial charge in [0.1, 0.15) is 6.54 Å². The molecule has 0 radical (unpaired) electrons. The van der Waals surface area contributed by atoms with E-state index in [1.54, 1.807) is 0 Å². The molecule has 1 aromatic heterocycles. The zero-order valence-corrected chi connectivity index (χ0v) is 19.5. The average Bonchev–Trinajstić information content (AvgIpc) is 3.12. The minimum Gasteiger partial charge on any atom is -0.337 e. The summed E-state index contributed by atoms with van der Waals surface area (Å²) in [7, 11) is 4.19. The summed E-state index contributed by atoms with van der Waals surface area (Å²) in [6, 6.07) is 17.5. The lowest BCUT2D eigenvalue weighted by Crippen LogP contribution is -2.36. The molecular formula is C28H35N3O. The molecular weight excluding hydrogens is 394 g/mol. The maximum absolute atomic E-state index is 13.5. The highest BCUT2D eigenvalue weighted by Crippen LogP contribution is 2.45. The fourth-order valence-corrected chi connectivity index (χ4v) is 5.79. The van der Waals surface area contributed by atoms with Crippen LogP contribution in [0.3, 0.4) is 0 Å². The van der Waals surface area contributed by atoms with E-state index >= 15 is 0 Å². The van der Waals surface area contributed by atoms with E-state index < -0.39 is 0 Å². The van der Waals surface area contributed by atoms with Gasteiger partial charge in [0.25, 0.3) is 0 Å². The largest absolute Gasteiger partial charge is 0.337 e. The van der Waals surface area contributed by atoms with Crippen molar-refractivity contribution in [2.75, 3.05) is 27.2 Å². The van der Waals surface area contributed by atoms with Crippen LogP contribution in [-0.4, -0.2) is 47.5 Å². The van der Waals surface area contributed by atoms with E-state index in [2.05, 4.69) is 77.0 Å². The quantitative estimate of drug-likeness (QED) is 0.524. The highest BCUT2D eigenvalue weighted by Gasteiger charge is 2.30. The first-order valence-electron chi connectivity index (χ1n) is 12.3. The molecule has 1 saturated carbocycles. The zero-order chi connectivity index (χ0) is 22.1. The summed E-state index contributed by atoms with van der Waals surface area (Å²) in [5.41, 5.74) is 6.58. The molecule has 168 valence electrons. The normalized spacial score (nSPS) is 17.3. The van der Waals surface area contributed by atoms with Crippen molar-refractivity contribution in [1.29, 1.82) is 0 Å². The lowest BCUT2D eigenvalue weighted by atomic mass is 9.81. The molecule has 4 heteroatoms. The summed E-state index contributed by atoms with van der Waals surface area (Å²) in [6.07, 6.45) is 7.48. The Morgan fingerprint density at radius 3 is 2.50 bits per heavy atom. The second-order valence-electron chi connectivity index (χ2n) is 9.83. The molecule has 1 aliphatic carbocycles. The van der Waals surface area contributed by atoms with Gasteiger partial charge in [0.05, 0.1) is 5.69 Å². The number of carbonyl (C=O) groups excluding carboxylic acids is 1. The predicted octanol–water partition coefficient (Wildman–Crippen LogP) is 5.65. The van der Waals surface area contributed by atoms with Crippen LogP contribution in [0.25, 0.3) is 22.2 Å². The molecule has 0 saturated heterocycles. The summed E-state index contributed by atoms with van der Waals surface area (Å²) in [5, 5.41) is 1.35. The third-order valence-corrected chi connectivity index (χ3v) is 7.34. The van der Waals surface area contributed by atoms with E-state index in [4.69, 9.17) is 0 Å². The van der Waals surface area contributed by atoms with Crippen LogP contribution < -0.4 is 0 Å². The Hall–Kier alpha value is -2.59. The van der Waals surface area contributed by atoms with Crippen molar-refractivity contribution in [3.8, 4) is 11.3 Å².